The fraction of sp³-hybridized carbons (Fsp3) is 0.467. The van der Waals surface area contributed by atoms with Gasteiger partial charge in [0.2, 0.25) is 0 Å². The van der Waals surface area contributed by atoms with Gasteiger partial charge < -0.3 is 20.0 Å². The smallest absolute Gasteiger partial charge is 0.257 e. The molecule has 0 aliphatic rings. The summed E-state index contributed by atoms with van der Waals surface area (Å²) in [6.07, 6.45) is 1.36. The van der Waals surface area contributed by atoms with Crippen molar-refractivity contribution in [2.24, 2.45) is 5.16 Å². The molecule has 1 rings (SSSR count). The third kappa shape index (κ3) is 7.31. The highest BCUT2D eigenvalue weighted by Crippen LogP contribution is 2.12. The van der Waals surface area contributed by atoms with Crippen LogP contribution in [0.5, 0.6) is 5.75 Å². The van der Waals surface area contributed by atoms with Crippen molar-refractivity contribution in [3.8, 4) is 5.75 Å². The van der Waals surface area contributed by atoms with Crippen LogP contribution in [0.25, 0.3) is 0 Å². The first-order chi connectivity index (χ1) is 10.2. The van der Waals surface area contributed by atoms with Gasteiger partial charge in [-0.15, -0.1) is 0 Å². The van der Waals surface area contributed by atoms with Crippen LogP contribution in [0.1, 0.15) is 18.9 Å². The molecule has 6 nitrogen and oxygen atoms in total. The van der Waals surface area contributed by atoms with Crippen LogP contribution in [0.2, 0.25) is 0 Å². The average molecular weight is 294 g/mol. The third-order valence-electron chi connectivity index (χ3n) is 2.77. The van der Waals surface area contributed by atoms with E-state index in [4.69, 9.17) is 14.7 Å². The predicted molar refractivity (Wildman–Crippen MR) is 80.0 cm³/mol. The molecular weight excluding hydrogens is 272 g/mol. The minimum atomic E-state index is -0.154. The van der Waals surface area contributed by atoms with Gasteiger partial charge in [-0.2, -0.15) is 0 Å². The maximum absolute atomic E-state index is 11.5. The van der Waals surface area contributed by atoms with Crippen LogP contribution >= 0.6 is 0 Å². The molecule has 1 aromatic rings. The van der Waals surface area contributed by atoms with Gasteiger partial charge in [0.15, 0.2) is 6.61 Å². The highest BCUT2D eigenvalue weighted by Gasteiger charge is 2.03. The van der Waals surface area contributed by atoms with Gasteiger partial charge >= 0.3 is 0 Å². The van der Waals surface area contributed by atoms with Crippen molar-refractivity contribution >= 4 is 11.6 Å². The number of carbonyl (C=O) groups excluding carboxylic acids is 1. The number of nitrogens with one attached hydrogen (secondary N) is 1. The van der Waals surface area contributed by atoms with Gasteiger partial charge in [-0.05, 0) is 31.0 Å². The van der Waals surface area contributed by atoms with Crippen molar-refractivity contribution < 1.29 is 19.5 Å². The van der Waals surface area contributed by atoms with E-state index in [1.807, 2.05) is 12.1 Å². The maximum Gasteiger partial charge on any atom is 0.257 e. The number of carbonyl (C=O) groups is 1. The number of rotatable bonds is 9. The monoisotopic (exact) mass is 294 g/mol. The summed E-state index contributed by atoms with van der Waals surface area (Å²) in [5, 5.41) is 14.5. The molecular formula is C15H22N2O4. The lowest BCUT2D eigenvalue weighted by Crippen LogP contribution is -2.30. The fourth-order valence-corrected chi connectivity index (χ4v) is 1.68. The van der Waals surface area contributed by atoms with E-state index < -0.39 is 0 Å². The second-order valence-corrected chi connectivity index (χ2v) is 4.64. The number of oxime groups is 1. The second-order valence-electron chi connectivity index (χ2n) is 4.64. The Morgan fingerprint density at radius 2 is 2.05 bits per heavy atom. The third-order valence-corrected chi connectivity index (χ3v) is 2.77. The van der Waals surface area contributed by atoms with E-state index in [9.17, 15) is 4.79 Å². The summed E-state index contributed by atoms with van der Waals surface area (Å²) in [6, 6.07) is 7.33. The molecule has 116 valence electrons. The number of benzene rings is 1. The van der Waals surface area contributed by atoms with Crippen molar-refractivity contribution in [2.45, 2.75) is 19.8 Å². The zero-order chi connectivity index (χ0) is 15.5. The van der Waals surface area contributed by atoms with Crippen molar-refractivity contribution in [1.29, 1.82) is 0 Å². The molecule has 0 radical (unpaired) electrons. The minimum absolute atomic E-state index is 0.0105. The lowest BCUT2D eigenvalue weighted by Gasteiger charge is -2.08. The molecule has 0 aliphatic heterocycles. The molecule has 2 N–H and O–H groups in total. The Labute approximate surface area is 124 Å². The second kappa shape index (κ2) is 9.77. The maximum atomic E-state index is 11.5. The van der Waals surface area contributed by atoms with Crippen molar-refractivity contribution in [3.05, 3.63) is 29.8 Å². The minimum Gasteiger partial charge on any atom is -0.484 e. The Bertz CT molecular complexity index is 457. The molecule has 1 amide bonds. The molecule has 0 saturated carbocycles. The Morgan fingerprint density at radius 3 is 2.67 bits per heavy atom. The molecule has 0 unspecified atom stereocenters. The number of amides is 1. The van der Waals surface area contributed by atoms with Gasteiger partial charge in [0.1, 0.15) is 5.75 Å². The van der Waals surface area contributed by atoms with E-state index in [1.165, 1.54) is 0 Å². The topological polar surface area (TPSA) is 80.2 Å². The van der Waals surface area contributed by atoms with Crippen LogP contribution < -0.4 is 10.1 Å². The first-order valence-corrected chi connectivity index (χ1v) is 6.80. The van der Waals surface area contributed by atoms with Crippen LogP contribution in [0, 0.1) is 0 Å². The highest BCUT2D eigenvalue weighted by molar-refractivity contribution is 5.83. The van der Waals surface area contributed by atoms with Gasteiger partial charge in [0, 0.05) is 26.7 Å². The molecule has 0 atom stereocenters. The Balaban J connectivity index is 2.30. The number of hydrogen-bond donors (Lipinski definition) is 2. The van der Waals surface area contributed by atoms with E-state index in [0.29, 0.717) is 31.0 Å². The highest BCUT2D eigenvalue weighted by atomic mass is 16.5. The Kier molecular flexibility index (Phi) is 7.89. The Morgan fingerprint density at radius 1 is 1.33 bits per heavy atom. The number of methoxy groups -OCH3 is 1. The first kappa shape index (κ1) is 17.0. The summed E-state index contributed by atoms with van der Waals surface area (Å²) in [5.74, 6) is 0.475. The summed E-state index contributed by atoms with van der Waals surface area (Å²) in [6.45, 7) is 2.94. The zero-order valence-electron chi connectivity index (χ0n) is 12.5. The van der Waals surface area contributed by atoms with Crippen LogP contribution in [-0.2, 0) is 16.0 Å². The average Bonchev–Trinajstić information content (AvgIpc) is 2.50. The molecule has 0 fully saturated rings. The standard InChI is InChI=1S/C15H22N2O4/c1-12(17-19)10-13-4-6-14(7-5-13)21-11-15(18)16-8-3-9-20-2/h4-7,19H,3,8-11H2,1-2H3,(H,16,18)/b17-12+. The Hall–Kier alpha value is -2.08. The van der Waals surface area contributed by atoms with Crippen LogP contribution in [0.15, 0.2) is 29.4 Å². The lowest BCUT2D eigenvalue weighted by atomic mass is 10.1. The summed E-state index contributed by atoms with van der Waals surface area (Å²) >= 11 is 0. The molecule has 0 aliphatic carbocycles. The summed E-state index contributed by atoms with van der Waals surface area (Å²) in [7, 11) is 1.63. The summed E-state index contributed by atoms with van der Waals surface area (Å²) < 4.78 is 10.3. The zero-order valence-corrected chi connectivity index (χ0v) is 12.5. The fourth-order valence-electron chi connectivity index (χ4n) is 1.68. The van der Waals surface area contributed by atoms with E-state index in [-0.39, 0.29) is 12.5 Å². The van der Waals surface area contributed by atoms with E-state index in [2.05, 4.69) is 10.5 Å². The molecule has 0 spiro atoms. The van der Waals surface area contributed by atoms with E-state index in [0.717, 1.165) is 12.0 Å². The first-order valence-electron chi connectivity index (χ1n) is 6.80. The quantitative estimate of drug-likeness (QED) is 0.314. The van der Waals surface area contributed by atoms with Crippen LogP contribution in [0.3, 0.4) is 0 Å². The molecule has 0 heterocycles. The normalized spacial score (nSPS) is 11.2. The van der Waals surface area contributed by atoms with Gasteiger partial charge in [0.25, 0.3) is 5.91 Å². The molecule has 0 saturated heterocycles. The predicted octanol–water partition coefficient (Wildman–Crippen LogP) is 1.61. The molecule has 6 heteroatoms. The molecule has 1 aromatic carbocycles. The molecule has 0 bridgehead atoms. The largest absolute Gasteiger partial charge is 0.484 e. The SMILES string of the molecule is COCCCNC(=O)COc1ccc(C/C(C)=N/O)cc1. The number of hydrogen-bond acceptors (Lipinski definition) is 5. The lowest BCUT2D eigenvalue weighted by molar-refractivity contribution is -0.123. The number of ether oxygens (including phenoxy) is 2. The van der Waals surface area contributed by atoms with E-state index >= 15 is 0 Å². The summed E-state index contributed by atoms with van der Waals surface area (Å²) in [5.41, 5.74) is 1.65. The van der Waals surface area contributed by atoms with E-state index in [1.54, 1.807) is 26.2 Å². The van der Waals surface area contributed by atoms with Crippen LogP contribution in [0.4, 0.5) is 0 Å². The number of nitrogens with zero attached hydrogens (tertiary/aromatic N) is 1. The van der Waals surface area contributed by atoms with Gasteiger partial charge in [-0.1, -0.05) is 17.3 Å². The molecule has 0 aromatic heterocycles. The van der Waals surface area contributed by atoms with Crippen molar-refractivity contribution in [3.63, 3.8) is 0 Å². The van der Waals surface area contributed by atoms with Crippen LogP contribution in [-0.4, -0.2) is 43.7 Å². The van der Waals surface area contributed by atoms with Crippen molar-refractivity contribution in [1.82, 2.24) is 5.32 Å². The van der Waals surface area contributed by atoms with Gasteiger partial charge in [-0.3, -0.25) is 4.79 Å². The van der Waals surface area contributed by atoms with Gasteiger partial charge in [0.05, 0.1) is 5.71 Å². The molecule has 21 heavy (non-hydrogen) atoms. The van der Waals surface area contributed by atoms with Gasteiger partial charge in [-0.25, -0.2) is 0 Å². The summed E-state index contributed by atoms with van der Waals surface area (Å²) in [4.78, 5) is 11.5. The van der Waals surface area contributed by atoms with Crippen molar-refractivity contribution in [2.75, 3.05) is 26.9 Å².